The van der Waals surface area contributed by atoms with E-state index in [2.05, 4.69) is 11.9 Å². The first kappa shape index (κ1) is 18.5. The second kappa shape index (κ2) is 8.42. The van der Waals surface area contributed by atoms with Gasteiger partial charge in [-0.2, -0.15) is 4.98 Å². The summed E-state index contributed by atoms with van der Waals surface area (Å²) in [6.07, 6.45) is 6.52. The molecule has 3 aliphatic rings. The highest BCUT2D eigenvalue weighted by molar-refractivity contribution is 5.74. The number of carbonyl (C=O) groups is 1. The third-order valence-electron chi connectivity index (χ3n) is 5.76. The highest BCUT2D eigenvalue weighted by atomic mass is 16.5. The number of rotatable bonds is 3. The summed E-state index contributed by atoms with van der Waals surface area (Å²) in [4.78, 5) is 25.9. The van der Waals surface area contributed by atoms with Crippen LogP contribution < -0.4 is 4.74 Å². The van der Waals surface area contributed by atoms with Gasteiger partial charge in [0.05, 0.1) is 18.9 Å². The lowest BCUT2D eigenvalue weighted by Crippen LogP contribution is -2.47. The van der Waals surface area contributed by atoms with Gasteiger partial charge in [0.15, 0.2) is 0 Å². The largest absolute Gasteiger partial charge is 0.474 e. The number of aryl methyl sites for hydroxylation is 1. The Morgan fingerprint density at radius 2 is 1.78 bits per heavy atom. The molecule has 0 atom stereocenters. The second-order valence-electron chi connectivity index (χ2n) is 7.62. The van der Waals surface area contributed by atoms with Crippen LogP contribution in [0.4, 0.5) is 4.79 Å². The monoisotopic (exact) mass is 374 g/mol. The molecule has 4 rings (SSSR count). The quantitative estimate of drug-likeness (QED) is 0.811. The fourth-order valence-electron chi connectivity index (χ4n) is 4.15. The van der Waals surface area contributed by atoms with Crippen LogP contribution in [-0.2, 0) is 24.0 Å². The molecule has 0 aliphatic carbocycles. The Kier molecular flexibility index (Phi) is 5.76. The van der Waals surface area contributed by atoms with Crippen molar-refractivity contribution in [3.8, 4) is 5.88 Å². The number of ether oxygens (including phenoxy) is 2. The molecule has 2 amide bonds. The number of piperidine rings is 1. The Bertz CT molecular complexity index is 667. The molecule has 1 aromatic rings. The molecule has 0 N–H and O–H groups in total. The standard InChI is InChI=1S/C20H30N4O3/c1-2-18-21-17-8-14-26-13-7-16(17)19(22-18)27-15-5-11-24(12-6-15)20(25)23-9-3-4-10-23/h15H,2-14H2,1H3. The fourth-order valence-corrected chi connectivity index (χ4v) is 4.15. The Balaban J connectivity index is 1.40. The zero-order valence-corrected chi connectivity index (χ0v) is 16.3. The average molecular weight is 374 g/mol. The van der Waals surface area contributed by atoms with Crippen molar-refractivity contribution in [2.45, 2.75) is 58.0 Å². The number of carbonyl (C=O) groups excluding carboxylic acids is 1. The van der Waals surface area contributed by atoms with Crippen LogP contribution in [0.2, 0.25) is 0 Å². The van der Waals surface area contributed by atoms with Crippen molar-refractivity contribution in [3.63, 3.8) is 0 Å². The van der Waals surface area contributed by atoms with E-state index in [1.807, 2.05) is 9.80 Å². The minimum atomic E-state index is 0.112. The van der Waals surface area contributed by atoms with Gasteiger partial charge in [-0.05, 0) is 12.8 Å². The molecule has 7 nitrogen and oxygen atoms in total. The fraction of sp³-hybridized carbons (Fsp3) is 0.750. The summed E-state index contributed by atoms with van der Waals surface area (Å²) in [6, 6.07) is 0.201. The maximum atomic E-state index is 12.6. The maximum absolute atomic E-state index is 12.6. The predicted molar refractivity (Wildman–Crippen MR) is 101 cm³/mol. The molecule has 0 radical (unpaired) electrons. The van der Waals surface area contributed by atoms with E-state index in [1.54, 1.807) is 0 Å². The van der Waals surface area contributed by atoms with Crippen LogP contribution in [-0.4, -0.2) is 71.3 Å². The summed E-state index contributed by atoms with van der Waals surface area (Å²) in [5, 5.41) is 0. The number of fused-ring (bicyclic) bond motifs is 1. The maximum Gasteiger partial charge on any atom is 0.320 e. The van der Waals surface area contributed by atoms with E-state index < -0.39 is 0 Å². The topological polar surface area (TPSA) is 67.8 Å². The lowest BCUT2D eigenvalue weighted by atomic mass is 10.1. The van der Waals surface area contributed by atoms with Gasteiger partial charge in [0.1, 0.15) is 11.9 Å². The Labute approximate surface area is 161 Å². The minimum Gasteiger partial charge on any atom is -0.474 e. The van der Waals surface area contributed by atoms with Crippen molar-refractivity contribution >= 4 is 6.03 Å². The number of amides is 2. The molecule has 148 valence electrons. The molecule has 4 heterocycles. The van der Waals surface area contributed by atoms with Gasteiger partial charge in [-0.15, -0.1) is 0 Å². The number of nitrogens with zero attached hydrogens (tertiary/aromatic N) is 4. The van der Waals surface area contributed by atoms with Crippen LogP contribution >= 0.6 is 0 Å². The molecule has 1 aromatic heterocycles. The number of hydrogen-bond acceptors (Lipinski definition) is 5. The van der Waals surface area contributed by atoms with Crippen LogP contribution in [0, 0.1) is 0 Å². The van der Waals surface area contributed by atoms with Gasteiger partial charge in [0.25, 0.3) is 0 Å². The third kappa shape index (κ3) is 4.18. The molecule has 2 saturated heterocycles. The summed E-state index contributed by atoms with van der Waals surface area (Å²) in [5.41, 5.74) is 2.19. The SMILES string of the molecule is CCc1nc2c(c(OC3CCN(C(=O)N4CCCC4)CC3)n1)CCOCC2. The van der Waals surface area contributed by atoms with Gasteiger partial charge in [-0.1, -0.05) is 6.92 Å². The number of hydrogen-bond donors (Lipinski definition) is 0. The second-order valence-corrected chi connectivity index (χ2v) is 7.62. The van der Waals surface area contributed by atoms with E-state index in [0.717, 1.165) is 94.1 Å². The predicted octanol–water partition coefficient (Wildman–Crippen LogP) is 2.21. The first-order chi connectivity index (χ1) is 13.2. The highest BCUT2D eigenvalue weighted by Gasteiger charge is 2.29. The number of likely N-dealkylation sites (tertiary alicyclic amines) is 2. The van der Waals surface area contributed by atoms with Gasteiger partial charge >= 0.3 is 6.03 Å². The Hall–Kier alpha value is -1.89. The number of urea groups is 1. The molecule has 3 aliphatic heterocycles. The summed E-state index contributed by atoms with van der Waals surface area (Å²) < 4.78 is 12.0. The van der Waals surface area contributed by atoms with Gasteiger partial charge in [0, 0.05) is 63.8 Å². The lowest BCUT2D eigenvalue weighted by molar-refractivity contribution is 0.0939. The normalized spacial score (nSPS) is 21.1. The average Bonchev–Trinajstić information content (AvgIpc) is 3.13. The van der Waals surface area contributed by atoms with Crippen LogP contribution in [0.25, 0.3) is 0 Å². The molecular formula is C20H30N4O3. The van der Waals surface area contributed by atoms with Crippen molar-refractivity contribution in [1.82, 2.24) is 19.8 Å². The smallest absolute Gasteiger partial charge is 0.320 e. The van der Waals surface area contributed by atoms with Crippen LogP contribution in [0.1, 0.15) is 49.7 Å². The first-order valence-corrected chi connectivity index (χ1v) is 10.4. The Morgan fingerprint density at radius 1 is 1.07 bits per heavy atom. The first-order valence-electron chi connectivity index (χ1n) is 10.4. The van der Waals surface area contributed by atoms with Crippen molar-refractivity contribution in [2.24, 2.45) is 0 Å². The Morgan fingerprint density at radius 3 is 2.52 bits per heavy atom. The third-order valence-corrected chi connectivity index (χ3v) is 5.76. The number of aromatic nitrogens is 2. The van der Waals surface area contributed by atoms with Gasteiger partial charge in [0.2, 0.25) is 5.88 Å². The van der Waals surface area contributed by atoms with E-state index in [1.165, 1.54) is 0 Å². The molecule has 0 unspecified atom stereocenters. The van der Waals surface area contributed by atoms with E-state index in [0.29, 0.717) is 13.2 Å². The highest BCUT2D eigenvalue weighted by Crippen LogP contribution is 2.26. The molecular weight excluding hydrogens is 344 g/mol. The van der Waals surface area contributed by atoms with E-state index in [4.69, 9.17) is 14.5 Å². The van der Waals surface area contributed by atoms with Crippen molar-refractivity contribution in [1.29, 1.82) is 0 Å². The lowest BCUT2D eigenvalue weighted by Gasteiger charge is -2.34. The van der Waals surface area contributed by atoms with Crippen molar-refractivity contribution in [3.05, 3.63) is 17.1 Å². The molecule has 2 fully saturated rings. The summed E-state index contributed by atoms with van der Waals surface area (Å²) in [7, 11) is 0. The van der Waals surface area contributed by atoms with Crippen molar-refractivity contribution < 1.29 is 14.3 Å². The van der Waals surface area contributed by atoms with E-state index >= 15 is 0 Å². The van der Waals surface area contributed by atoms with E-state index in [9.17, 15) is 4.79 Å². The summed E-state index contributed by atoms with van der Waals surface area (Å²) in [5.74, 6) is 1.58. The molecule has 7 heteroatoms. The molecule has 0 saturated carbocycles. The molecule has 0 aromatic carbocycles. The zero-order chi connectivity index (χ0) is 18.6. The molecule has 27 heavy (non-hydrogen) atoms. The van der Waals surface area contributed by atoms with Gasteiger partial charge in [-0.3, -0.25) is 0 Å². The zero-order valence-electron chi connectivity index (χ0n) is 16.3. The van der Waals surface area contributed by atoms with Crippen LogP contribution in [0.15, 0.2) is 0 Å². The summed E-state index contributed by atoms with van der Waals surface area (Å²) in [6.45, 7) is 6.81. The van der Waals surface area contributed by atoms with Gasteiger partial charge in [-0.25, -0.2) is 9.78 Å². The van der Waals surface area contributed by atoms with Gasteiger partial charge < -0.3 is 19.3 Å². The molecule has 0 bridgehead atoms. The van der Waals surface area contributed by atoms with Crippen LogP contribution in [0.5, 0.6) is 5.88 Å². The minimum absolute atomic E-state index is 0.112. The molecule has 0 spiro atoms. The van der Waals surface area contributed by atoms with Crippen molar-refractivity contribution in [2.75, 3.05) is 39.4 Å². The van der Waals surface area contributed by atoms with Crippen LogP contribution in [0.3, 0.4) is 0 Å². The van der Waals surface area contributed by atoms with E-state index in [-0.39, 0.29) is 12.1 Å². The summed E-state index contributed by atoms with van der Waals surface area (Å²) >= 11 is 0.